The van der Waals surface area contributed by atoms with Crippen LogP contribution in [-0.2, 0) is 19.1 Å². The van der Waals surface area contributed by atoms with Crippen LogP contribution < -0.4 is 10.1 Å². The van der Waals surface area contributed by atoms with Crippen LogP contribution in [0.5, 0.6) is 5.75 Å². The molecule has 4 amide bonds. The molecule has 9 nitrogen and oxygen atoms in total. The number of carbonyl (C=O) groups is 4. The van der Waals surface area contributed by atoms with Gasteiger partial charge in [0, 0.05) is 23.8 Å². The second kappa shape index (κ2) is 11.4. The van der Waals surface area contributed by atoms with Crippen LogP contribution in [0.1, 0.15) is 5.56 Å². The Balaban J connectivity index is 1.34. The summed E-state index contributed by atoms with van der Waals surface area (Å²) in [6.07, 6.45) is 1.56. The number of ether oxygens (including phenoxy) is 2. The predicted octanol–water partition coefficient (Wildman–Crippen LogP) is 3.25. The van der Waals surface area contributed by atoms with Crippen LogP contribution in [0.4, 0.5) is 10.5 Å². The van der Waals surface area contributed by atoms with Gasteiger partial charge in [0.1, 0.15) is 12.3 Å². The Morgan fingerprint density at radius 2 is 1.86 bits per heavy atom. The summed E-state index contributed by atoms with van der Waals surface area (Å²) in [5.74, 6) is -0.727. The minimum absolute atomic E-state index is 0.211. The van der Waals surface area contributed by atoms with Crippen LogP contribution in [0.2, 0.25) is 5.02 Å². The Hall–Kier alpha value is -3.34. The van der Waals surface area contributed by atoms with E-state index in [2.05, 4.69) is 5.32 Å². The van der Waals surface area contributed by atoms with E-state index in [1.807, 2.05) is 0 Å². The molecule has 0 atom stereocenters. The summed E-state index contributed by atoms with van der Waals surface area (Å²) in [6.45, 7) is 1.24. The zero-order valence-electron chi connectivity index (χ0n) is 18.6. The number of thioether (sulfide) groups is 1. The fourth-order valence-corrected chi connectivity index (χ4v) is 4.37. The topological polar surface area (TPSA) is 105 Å². The van der Waals surface area contributed by atoms with Crippen molar-refractivity contribution in [2.24, 2.45) is 0 Å². The third-order valence-electron chi connectivity index (χ3n) is 5.18. The molecule has 1 N–H and O–H groups in total. The highest BCUT2D eigenvalue weighted by Crippen LogP contribution is 2.32. The van der Waals surface area contributed by atoms with Crippen molar-refractivity contribution in [3.8, 4) is 5.75 Å². The number of morpholine rings is 1. The molecule has 2 aromatic rings. The summed E-state index contributed by atoms with van der Waals surface area (Å²) in [5.41, 5.74) is 1.21. The van der Waals surface area contributed by atoms with Gasteiger partial charge in [-0.1, -0.05) is 23.7 Å². The number of rotatable bonds is 7. The first-order valence-electron chi connectivity index (χ1n) is 10.8. The first-order chi connectivity index (χ1) is 16.9. The average Bonchev–Trinajstić information content (AvgIpc) is 3.12. The zero-order chi connectivity index (χ0) is 24.8. The lowest BCUT2D eigenvalue weighted by Crippen LogP contribution is -2.46. The van der Waals surface area contributed by atoms with Gasteiger partial charge < -0.3 is 19.7 Å². The third-order valence-corrected chi connectivity index (χ3v) is 6.34. The van der Waals surface area contributed by atoms with E-state index in [0.717, 1.165) is 16.7 Å². The number of halogens is 1. The Bertz CT molecular complexity index is 1160. The van der Waals surface area contributed by atoms with E-state index in [1.165, 1.54) is 0 Å². The smallest absolute Gasteiger partial charge is 0.294 e. The fourth-order valence-electron chi connectivity index (χ4n) is 3.41. The maximum Gasteiger partial charge on any atom is 0.294 e. The monoisotopic (exact) mass is 515 g/mol. The third kappa shape index (κ3) is 6.62. The molecular weight excluding hydrogens is 494 g/mol. The fraction of sp³-hybridized carbons (Fsp3) is 0.250. The molecule has 0 unspecified atom stereocenters. The molecule has 2 aromatic carbocycles. The SMILES string of the molecule is O=C(COc1cccc(/C=C2\SC(=O)N(CC(=O)N3CCOCC3)C2=O)c1)Nc1ccc(Cl)cc1. The summed E-state index contributed by atoms with van der Waals surface area (Å²) in [6, 6.07) is 13.5. The highest BCUT2D eigenvalue weighted by Gasteiger charge is 2.37. The number of amides is 4. The number of anilines is 1. The van der Waals surface area contributed by atoms with Crippen LogP contribution in [-0.4, -0.2) is 72.2 Å². The molecule has 11 heteroatoms. The first-order valence-corrected chi connectivity index (χ1v) is 12.0. The largest absolute Gasteiger partial charge is 0.484 e. The van der Waals surface area contributed by atoms with Crippen molar-refractivity contribution in [3.63, 3.8) is 0 Å². The van der Waals surface area contributed by atoms with Crippen molar-refractivity contribution in [3.05, 3.63) is 64.0 Å². The number of carbonyl (C=O) groups excluding carboxylic acids is 4. The summed E-state index contributed by atoms with van der Waals surface area (Å²) in [4.78, 5) is 52.5. The minimum atomic E-state index is -0.518. The van der Waals surface area contributed by atoms with Crippen LogP contribution in [0.15, 0.2) is 53.4 Å². The Morgan fingerprint density at radius 1 is 1.11 bits per heavy atom. The predicted molar refractivity (Wildman–Crippen MR) is 132 cm³/mol. The van der Waals surface area contributed by atoms with Crippen molar-refractivity contribution < 1.29 is 28.7 Å². The number of nitrogens with one attached hydrogen (secondary N) is 1. The highest BCUT2D eigenvalue weighted by atomic mass is 35.5. The molecule has 0 saturated carbocycles. The Labute approximate surface area is 211 Å². The van der Waals surface area contributed by atoms with Gasteiger partial charge in [0.05, 0.1) is 18.1 Å². The van der Waals surface area contributed by atoms with Gasteiger partial charge in [-0.05, 0) is 59.8 Å². The minimum Gasteiger partial charge on any atom is -0.484 e. The molecular formula is C24H22ClN3O6S. The summed E-state index contributed by atoms with van der Waals surface area (Å²) in [7, 11) is 0. The van der Waals surface area contributed by atoms with Gasteiger partial charge in [0.15, 0.2) is 6.61 Å². The summed E-state index contributed by atoms with van der Waals surface area (Å²) < 4.78 is 10.8. The van der Waals surface area contributed by atoms with E-state index in [-0.39, 0.29) is 29.9 Å². The van der Waals surface area contributed by atoms with Crippen molar-refractivity contribution in [2.75, 3.05) is 44.8 Å². The van der Waals surface area contributed by atoms with Gasteiger partial charge in [-0.2, -0.15) is 0 Å². The quantitative estimate of drug-likeness (QED) is 0.564. The Morgan fingerprint density at radius 3 is 2.60 bits per heavy atom. The zero-order valence-corrected chi connectivity index (χ0v) is 20.1. The van der Waals surface area contributed by atoms with Gasteiger partial charge >= 0.3 is 0 Å². The first kappa shape index (κ1) is 24.8. The molecule has 182 valence electrons. The summed E-state index contributed by atoms with van der Waals surface area (Å²) in [5, 5.41) is 2.78. The van der Waals surface area contributed by atoms with Gasteiger partial charge in [0.2, 0.25) is 5.91 Å². The molecule has 35 heavy (non-hydrogen) atoms. The van der Waals surface area contributed by atoms with E-state index in [0.29, 0.717) is 48.3 Å². The maximum absolute atomic E-state index is 12.8. The van der Waals surface area contributed by atoms with Crippen molar-refractivity contribution >= 4 is 58.1 Å². The van der Waals surface area contributed by atoms with Crippen molar-refractivity contribution in [1.29, 1.82) is 0 Å². The van der Waals surface area contributed by atoms with Crippen LogP contribution in [0.3, 0.4) is 0 Å². The number of nitrogens with zero attached hydrogens (tertiary/aromatic N) is 2. The van der Waals surface area contributed by atoms with Gasteiger partial charge in [-0.25, -0.2) is 0 Å². The normalized spacial score (nSPS) is 17.1. The lowest BCUT2D eigenvalue weighted by Gasteiger charge is -2.28. The maximum atomic E-state index is 12.8. The molecule has 2 heterocycles. The number of benzene rings is 2. The number of hydrogen-bond acceptors (Lipinski definition) is 7. The van der Waals surface area contributed by atoms with E-state index in [9.17, 15) is 19.2 Å². The average molecular weight is 516 g/mol. The lowest BCUT2D eigenvalue weighted by atomic mass is 10.2. The molecule has 0 aromatic heterocycles. The summed E-state index contributed by atoms with van der Waals surface area (Å²) >= 11 is 6.62. The molecule has 2 aliphatic rings. The molecule has 0 radical (unpaired) electrons. The lowest BCUT2D eigenvalue weighted by molar-refractivity contribution is -0.139. The molecule has 2 fully saturated rings. The second-order valence-corrected chi connectivity index (χ2v) is 9.11. The van der Waals surface area contributed by atoms with Gasteiger partial charge in [-0.15, -0.1) is 0 Å². The van der Waals surface area contributed by atoms with Crippen molar-refractivity contribution in [1.82, 2.24) is 9.80 Å². The van der Waals surface area contributed by atoms with E-state index >= 15 is 0 Å². The van der Waals surface area contributed by atoms with Crippen LogP contribution in [0, 0.1) is 0 Å². The number of hydrogen-bond donors (Lipinski definition) is 1. The van der Waals surface area contributed by atoms with E-state index in [4.69, 9.17) is 21.1 Å². The number of imide groups is 1. The molecule has 0 spiro atoms. The van der Waals surface area contributed by atoms with Gasteiger partial charge in [-0.3, -0.25) is 24.1 Å². The standard InChI is InChI=1S/C24H22ClN3O6S/c25-17-4-6-18(7-5-17)26-21(29)15-34-19-3-1-2-16(12-19)13-20-23(31)28(24(32)35-20)14-22(30)27-8-10-33-11-9-27/h1-7,12-13H,8-11,14-15H2,(H,26,29)/b20-13-. The van der Waals surface area contributed by atoms with Crippen LogP contribution in [0.25, 0.3) is 6.08 Å². The van der Waals surface area contributed by atoms with Gasteiger partial charge in [0.25, 0.3) is 17.1 Å². The highest BCUT2D eigenvalue weighted by molar-refractivity contribution is 8.18. The molecule has 0 aliphatic carbocycles. The molecule has 4 rings (SSSR count). The second-order valence-electron chi connectivity index (χ2n) is 7.68. The van der Waals surface area contributed by atoms with E-state index in [1.54, 1.807) is 59.5 Å². The molecule has 2 aliphatic heterocycles. The van der Waals surface area contributed by atoms with E-state index < -0.39 is 11.1 Å². The molecule has 2 saturated heterocycles. The van der Waals surface area contributed by atoms with Crippen molar-refractivity contribution in [2.45, 2.75) is 0 Å². The molecule has 0 bridgehead atoms. The van der Waals surface area contributed by atoms with Crippen LogP contribution >= 0.6 is 23.4 Å². The Kier molecular flexibility index (Phi) is 8.06.